The van der Waals surface area contributed by atoms with Crippen LogP contribution in [0.1, 0.15) is 21.9 Å². The van der Waals surface area contributed by atoms with Crippen LogP contribution in [0.2, 0.25) is 0 Å². The molecule has 8 heteroatoms. The van der Waals surface area contributed by atoms with Gasteiger partial charge in [-0.05, 0) is 31.8 Å². The van der Waals surface area contributed by atoms with E-state index < -0.39 is 0 Å². The van der Waals surface area contributed by atoms with Crippen molar-refractivity contribution in [3.63, 3.8) is 0 Å². The number of nitrogens with zero attached hydrogens (tertiary/aromatic N) is 4. The third-order valence-corrected chi connectivity index (χ3v) is 6.66. The van der Waals surface area contributed by atoms with Crippen LogP contribution < -0.4 is 4.90 Å². The van der Waals surface area contributed by atoms with Crippen LogP contribution in [-0.2, 0) is 4.79 Å². The van der Waals surface area contributed by atoms with E-state index in [2.05, 4.69) is 9.88 Å². The van der Waals surface area contributed by atoms with E-state index in [-0.39, 0.29) is 17.4 Å². The predicted octanol–water partition coefficient (Wildman–Crippen LogP) is 2.08. The molecule has 25 heavy (non-hydrogen) atoms. The van der Waals surface area contributed by atoms with Gasteiger partial charge in [-0.25, -0.2) is 4.98 Å². The lowest BCUT2D eigenvalue weighted by atomic mass is 9.93. The lowest BCUT2D eigenvalue weighted by Gasteiger charge is -2.46. The number of anilines is 1. The topological polar surface area (TPSA) is 56.8 Å². The maximum atomic E-state index is 12.7. The quantitative estimate of drug-likeness (QED) is 0.805. The number of thiophene rings is 1. The second kappa shape index (κ2) is 6.19. The molecule has 4 rings (SSSR count). The van der Waals surface area contributed by atoms with E-state index in [1.807, 2.05) is 46.0 Å². The minimum absolute atomic E-state index is 0.00592. The number of thiazole rings is 1. The lowest BCUT2D eigenvalue weighted by molar-refractivity contribution is -0.123. The zero-order valence-electron chi connectivity index (χ0n) is 14.3. The Kier molecular flexibility index (Phi) is 4.13. The molecule has 2 aromatic heterocycles. The van der Waals surface area contributed by atoms with Crippen molar-refractivity contribution in [2.45, 2.75) is 18.9 Å². The highest BCUT2D eigenvalue weighted by atomic mass is 32.1. The number of aromatic nitrogens is 1. The molecule has 2 amide bonds. The van der Waals surface area contributed by atoms with Crippen LogP contribution in [0.4, 0.5) is 5.69 Å². The minimum Gasteiger partial charge on any atom is -0.335 e. The fraction of sp³-hybridized carbons (Fsp3) is 0.471. The van der Waals surface area contributed by atoms with Crippen molar-refractivity contribution >= 4 is 40.2 Å². The van der Waals surface area contributed by atoms with E-state index in [1.54, 1.807) is 11.3 Å². The lowest BCUT2D eigenvalue weighted by Crippen LogP contribution is -2.64. The van der Waals surface area contributed by atoms with Crippen LogP contribution in [0.25, 0.3) is 0 Å². The highest BCUT2D eigenvalue weighted by molar-refractivity contribution is 7.09. The Morgan fingerprint density at radius 2 is 2.16 bits per heavy atom. The molecule has 2 aliphatic heterocycles. The Labute approximate surface area is 154 Å². The molecule has 2 saturated heterocycles. The Morgan fingerprint density at radius 3 is 2.84 bits per heavy atom. The van der Waals surface area contributed by atoms with Gasteiger partial charge < -0.3 is 9.80 Å². The summed E-state index contributed by atoms with van der Waals surface area (Å²) in [5.74, 6) is 0.111. The standard InChI is InChI=1S/C17H20N4O2S2/c1-12-18-14(9-25-12)16(23)20-5-4-17(10-20)11-21(13-3-6-24-8-13)15(22)7-19(17)2/h3,6,8-9H,4-5,7,10-11H2,1-2H3. The predicted molar refractivity (Wildman–Crippen MR) is 99.4 cm³/mol. The maximum absolute atomic E-state index is 12.7. The summed E-state index contributed by atoms with van der Waals surface area (Å²) in [6.07, 6.45) is 0.867. The van der Waals surface area contributed by atoms with Crippen LogP contribution in [-0.4, -0.2) is 65.4 Å². The van der Waals surface area contributed by atoms with Gasteiger partial charge in [-0.1, -0.05) is 0 Å². The van der Waals surface area contributed by atoms with Gasteiger partial charge in [-0.3, -0.25) is 14.5 Å². The van der Waals surface area contributed by atoms with Crippen molar-refractivity contribution in [1.29, 1.82) is 0 Å². The first kappa shape index (κ1) is 16.7. The molecule has 6 nitrogen and oxygen atoms in total. The molecule has 0 radical (unpaired) electrons. The summed E-state index contributed by atoms with van der Waals surface area (Å²) in [6, 6.07) is 1.98. The molecule has 1 unspecified atom stereocenters. The van der Waals surface area contributed by atoms with Crippen molar-refractivity contribution < 1.29 is 9.59 Å². The first-order chi connectivity index (χ1) is 12.0. The number of hydrogen-bond donors (Lipinski definition) is 0. The highest BCUT2D eigenvalue weighted by Crippen LogP contribution is 2.34. The van der Waals surface area contributed by atoms with Crippen molar-refractivity contribution in [3.05, 3.63) is 32.9 Å². The molecule has 132 valence electrons. The van der Waals surface area contributed by atoms with Crippen molar-refractivity contribution in [3.8, 4) is 0 Å². The summed E-state index contributed by atoms with van der Waals surface area (Å²) < 4.78 is 0. The SMILES string of the molecule is Cc1nc(C(=O)N2CCC3(C2)CN(c2ccsc2)C(=O)CN3C)cs1. The second-order valence-corrected chi connectivity index (χ2v) is 8.61. The molecule has 0 aromatic carbocycles. The molecule has 0 saturated carbocycles. The molecular formula is C17H20N4O2S2. The second-order valence-electron chi connectivity index (χ2n) is 6.77. The number of piperazine rings is 1. The van der Waals surface area contributed by atoms with Crippen LogP contribution in [0.3, 0.4) is 0 Å². The number of rotatable bonds is 2. The largest absolute Gasteiger partial charge is 0.335 e. The van der Waals surface area contributed by atoms with Crippen LogP contribution in [0.15, 0.2) is 22.2 Å². The van der Waals surface area contributed by atoms with Gasteiger partial charge in [0.2, 0.25) is 5.91 Å². The van der Waals surface area contributed by atoms with Crippen LogP contribution >= 0.6 is 22.7 Å². The van der Waals surface area contributed by atoms with Gasteiger partial charge in [0.05, 0.1) is 22.8 Å². The summed E-state index contributed by atoms with van der Waals surface area (Å²) in [6.45, 7) is 4.25. The number of likely N-dealkylation sites (N-methyl/N-ethyl adjacent to an activating group) is 1. The monoisotopic (exact) mass is 376 g/mol. The van der Waals surface area contributed by atoms with E-state index in [1.165, 1.54) is 11.3 Å². The number of carbonyl (C=O) groups excluding carboxylic acids is 2. The molecule has 0 N–H and O–H groups in total. The van der Waals surface area contributed by atoms with Crippen LogP contribution in [0.5, 0.6) is 0 Å². The number of carbonyl (C=O) groups is 2. The first-order valence-corrected chi connectivity index (χ1v) is 10.1. The fourth-order valence-corrected chi connectivity index (χ4v) is 4.93. The summed E-state index contributed by atoms with van der Waals surface area (Å²) in [5, 5.41) is 6.73. The molecule has 1 spiro atoms. The molecule has 4 heterocycles. The van der Waals surface area contributed by atoms with E-state index in [4.69, 9.17) is 0 Å². The average Bonchev–Trinajstić information content (AvgIpc) is 3.32. The number of likely N-dealkylation sites (tertiary alicyclic amines) is 1. The molecule has 2 aliphatic rings. The molecule has 2 fully saturated rings. The summed E-state index contributed by atoms with van der Waals surface area (Å²) in [5.41, 5.74) is 1.31. The third-order valence-electron chi connectivity index (χ3n) is 5.21. The molecule has 2 aromatic rings. The van der Waals surface area contributed by atoms with Gasteiger partial charge in [0.25, 0.3) is 5.91 Å². The normalized spacial score (nSPS) is 24.5. The smallest absolute Gasteiger partial charge is 0.273 e. The Hall–Kier alpha value is -1.77. The first-order valence-electron chi connectivity index (χ1n) is 8.24. The fourth-order valence-electron chi connectivity index (χ4n) is 3.70. The number of hydrogen-bond acceptors (Lipinski definition) is 6. The van der Waals surface area contributed by atoms with E-state index in [0.717, 1.165) is 17.1 Å². The van der Waals surface area contributed by atoms with E-state index >= 15 is 0 Å². The molecule has 0 bridgehead atoms. The van der Waals surface area contributed by atoms with E-state index in [9.17, 15) is 9.59 Å². The van der Waals surface area contributed by atoms with Gasteiger partial charge in [-0.2, -0.15) is 11.3 Å². The third kappa shape index (κ3) is 2.88. The van der Waals surface area contributed by atoms with Gasteiger partial charge in [0.15, 0.2) is 0 Å². The summed E-state index contributed by atoms with van der Waals surface area (Å²) >= 11 is 3.09. The highest BCUT2D eigenvalue weighted by Gasteiger charge is 2.49. The Morgan fingerprint density at radius 1 is 1.32 bits per heavy atom. The number of amides is 2. The summed E-state index contributed by atoms with van der Waals surface area (Å²) in [7, 11) is 1.99. The molecule has 0 aliphatic carbocycles. The van der Waals surface area contributed by atoms with Gasteiger partial charge in [-0.15, -0.1) is 11.3 Å². The molecular weight excluding hydrogens is 356 g/mol. The minimum atomic E-state index is -0.184. The van der Waals surface area contributed by atoms with Gasteiger partial charge in [0, 0.05) is 30.4 Å². The maximum Gasteiger partial charge on any atom is 0.273 e. The average molecular weight is 377 g/mol. The molecule has 1 atom stereocenters. The Balaban J connectivity index is 1.55. The number of aryl methyl sites for hydroxylation is 1. The van der Waals surface area contributed by atoms with Gasteiger partial charge in [0.1, 0.15) is 5.69 Å². The van der Waals surface area contributed by atoms with Crippen LogP contribution in [0, 0.1) is 6.92 Å². The van der Waals surface area contributed by atoms with Crippen molar-refractivity contribution in [1.82, 2.24) is 14.8 Å². The van der Waals surface area contributed by atoms with Crippen molar-refractivity contribution in [2.24, 2.45) is 0 Å². The van der Waals surface area contributed by atoms with E-state index in [0.29, 0.717) is 31.9 Å². The van der Waals surface area contributed by atoms with Gasteiger partial charge >= 0.3 is 0 Å². The zero-order chi connectivity index (χ0) is 17.6. The van der Waals surface area contributed by atoms with Crippen molar-refractivity contribution in [2.75, 3.05) is 38.1 Å². The zero-order valence-corrected chi connectivity index (χ0v) is 15.9. The Bertz CT molecular complexity index is 803. The summed E-state index contributed by atoms with van der Waals surface area (Å²) in [4.78, 5) is 35.4.